The number of rotatable bonds is 6. The van der Waals surface area contributed by atoms with E-state index in [-0.39, 0.29) is 23.2 Å². The summed E-state index contributed by atoms with van der Waals surface area (Å²) in [6, 6.07) is 11.9. The summed E-state index contributed by atoms with van der Waals surface area (Å²) in [6.07, 6.45) is 8.55. The molecule has 1 amide bonds. The van der Waals surface area contributed by atoms with E-state index in [1.165, 1.54) is 36.4 Å². The summed E-state index contributed by atoms with van der Waals surface area (Å²) in [5.74, 6) is 1.59. The van der Waals surface area contributed by atoms with Crippen molar-refractivity contribution in [2.75, 3.05) is 6.54 Å². The molecule has 2 aromatic carbocycles. The lowest BCUT2D eigenvalue weighted by Gasteiger charge is -2.31. The summed E-state index contributed by atoms with van der Waals surface area (Å²) in [4.78, 5) is 12.8. The van der Waals surface area contributed by atoms with Crippen LogP contribution in [0, 0.1) is 18.2 Å². The molecule has 7 heteroatoms. The fraction of sp³-hybridized carbons (Fsp3) is 0.286. The van der Waals surface area contributed by atoms with E-state index in [9.17, 15) is 17.6 Å². The van der Waals surface area contributed by atoms with Gasteiger partial charge in [-0.3, -0.25) is 4.79 Å². The molecule has 0 aromatic heterocycles. The molecule has 146 valence electrons. The second-order valence-corrected chi connectivity index (χ2v) is 8.57. The van der Waals surface area contributed by atoms with E-state index < -0.39 is 15.6 Å². The first-order valence-corrected chi connectivity index (χ1v) is 10.5. The van der Waals surface area contributed by atoms with Crippen molar-refractivity contribution < 1.29 is 17.6 Å². The summed E-state index contributed by atoms with van der Waals surface area (Å²) in [6.45, 7) is -0.106. The molecule has 0 spiro atoms. The van der Waals surface area contributed by atoms with Crippen LogP contribution in [0.3, 0.4) is 0 Å². The van der Waals surface area contributed by atoms with Crippen molar-refractivity contribution in [2.24, 2.45) is 0 Å². The van der Waals surface area contributed by atoms with Gasteiger partial charge in [-0.05, 0) is 54.8 Å². The Kier molecular flexibility index (Phi) is 5.82. The van der Waals surface area contributed by atoms with E-state index in [1.54, 1.807) is 12.1 Å². The SMILES string of the molecule is C#CCNS(=O)(=O)c1ccc(C(=O)NC2(c3ccc(F)cc3)CCCC2)cc1. The third-order valence-electron chi connectivity index (χ3n) is 5.00. The summed E-state index contributed by atoms with van der Waals surface area (Å²) in [5.41, 5.74) is 0.686. The average molecular weight is 400 g/mol. The zero-order valence-corrected chi connectivity index (χ0v) is 16.1. The second kappa shape index (κ2) is 8.13. The molecule has 0 heterocycles. The van der Waals surface area contributed by atoms with E-state index in [2.05, 4.69) is 16.0 Å². The largest absolute Gasteiger partial charge is 0.343 e. The van der Waals surface area contributed by atoms with Crippen LogP contribution in [0.5, 0.6) is 0 Å². The molecule has 2 N–H and O–H groups in total. The number of carbonyl (C=O) groups is 1. The number of amides is 1. The van der Waals surface area contributed by atoms with Gasteiger partial charge in [0.2, 0.25) is 10.0 Å². The molecule has 28 heavy (non-hydrogen) atoms. The lowest BCUT2D eigenvalue weighted by molar-refractivity contribution is 0.0898. The normalized spacial score (nSPS) is 15.7. The van der Waals surface area contributed by atoms with Crippen LogP contribution in [0.2, 0.25) is 0 Å². The minimum atomic E-state index is -3.71. The van der Waals surface area contributed by atoms with Crippen molar-refractivity contribution in [1.82, 2.24) is 10.0 Å². The van der Waals surface area contributed by atoms with Crippen LogP contribution in [0.25, 0.3) is 0 Å². The number of carbonyl (C=O) groups excluding carboxylic acids is 1. The van der Waals surface area contributed by atoms with Crippen LogP contribution >= 0.6 is 0 Å². The van der Waals surface area contributed by atoms with E-state index in [1.807, 2.05) is 0 Å². The molecule has 1 aliphatic carbocycles. The van der Waals surface area contributed by atoms with Crippen molar-refractivity contribution in [3.8, 4) is 12.3 Å². The Balaban J connectivity index is 1.80. The molecule has 3 rings (SSSR count). The molecule has 0 saturated heterocycles. The van der Waals surface area contributed by atoms with Gasteiger partial charge < -0.3 is 5.32 Å². The molecule has 1 saturated carbocycles. The topological polar surface area (TPSA) is 75.3 Å². The van der Waals surface area contributed by atoms with Gasteiger partial charge in [0.1, 0.15) is 5.82 Å². The molecule has 0 aliphatic heterocycles. The van der Waals surface area contributed by atoms with E-state index >= 15 is 0 Å². The third-order valence-corrected chi connectivity index (χ3v) is 6.41. The van der Waals surface area contributed by atoms with Crippen molar-refractivity contribution in [3.05, 3.63) is 65.5 Å². The molecular formula is C21H21FN2O3S. The molecular weight excluding hydrogens is 379 g/mol. The van der Waals surface area contributed by atoms with Crippen molar-refractivity contribution in [2.45, 2.75) is 36.1 Å². The highest BCUT2D eigenvalue weighted by atomic mass is 32.2. The van der Waals surface area contributed by atoms with Gasteiger partial charge in [-0.2, -0.15) is 4.72 Å². The zero-order valence-electron chi connectivity index (χ0n) is 15.2. The summed E-state index contributed by atoms with van der Waals surface area (Å²) >= 11 is 0. The number of benzene rings is 2. The number of halogens is 1. The van der Waals surface area contributed by atoms with E-state index in [0.717, 1.165) is 31.2 Å². The highest BCUT2D eigenvalue weighted by Gasteiger charge is 2.37. The minimum Gasteiger partial charge on any atom is -0.343 e. The first-order valence-electron chi connectivity index (χ1n) is 8.98. The molecule has 1 aliphatic rings. The second-order valence-electron chi connectivity index (χ2n) is 6.80. The third kappa shape index (κ3) is 4.24. The quantitative estimate of drug-likeness (QED) is 0.732. The molecule has 0 radical (unpaired) electrons. The first kappa shape index (κ1) is 20.1. The van der Waals surface area contributed by atoms with Gasteiger partial charge in [0.15, 0.2) is 0 Å². The number of hydrogen-bond acceptors (Lipinski definition) is 3. The first-order chi connectivity index (χ1) is 13.4. The Bertz CT molecular complexity index is 987. The minimum absolute atomic E-state index is 0.0356. The van der Waals surface area contributed by atoms with Gasteiger partial charge >= 0.3 is 0 Å². The Morgan fingerprint density at radius 3 is 2.25 bits per heavy atom. The van der Waals surface area contributed by atoms with Gasteiger partial charge in [0, 0.05) is 5.56 Å². The van der Waals surface area contributed by atoms with Crippen molar-refractivity contribution in [3.63, 3.8) is 0 Å². The Morgan fingerprint density at radius 2 is 1.68 bits per heavy atom. The van der Waals surface area contributed by atoms with Gasteiger partial charge in [-0.25, -0.2) is 12.8 Å². The van der Waals surface area contributed by atoms with E-state index in [0.29, 0.717) is 5.56 Å². The number of terminal acetylenes is 1. The molecule has 0 atom stereocenters. The predicted octanol–water partition coefficient (Wildman–Crippen LogP) is 2.94. The number of hydrogen-bond donors (Lipinski definition) is 2. The zero-order chi connectivity index (χ0) is 20.2. The van der Waals surface area contributed by atoms with Gasteiger partial charge in [0.25, 0.3) is 5.91 Å². The van der Waals surface area contributed by atoms with Crippen LogP contribution < -0.4 is 10.0 Å². The molecule has 5 nitrogen and oxygen atoms in total. The molecule has 0 bridgehead atoms. The van der Waals surface area contributed by atoms with E-state index in [4.69, 9.17) is 6.42 Å². The fourth-order valence-electron chi connectivity index (χ4n) is 3.53. The van der Waals surface area contributed by atoms with Gasteiger partial charge in [0.05, 0.1) is 17.0 Å². The van der Waals surface area contributed by atoms with Crippen molar-refractivity contribution in [1.29, 1.82) is 0 Å². The number of nitrogens with one attached hydrogen (secondary N) is 2. The maximum Gasteiger partial charge on any atom is 0.251 e. The molecule has 0 unspecified atom stereocenters. The van der Waals surface area contributed by atoms with Crippen LogP contribution in [0.15, 0.2) is 53.4 Å². The van der Waals surface area contributed by atoms with Crippen LogP contribution in [0.4, 0.5) is 4.39 Å². The molecule has 2 aromatic rings. The van der Waals surface area contributed by atoms with Crippen LogP contribution in [-0.4, -0.2) is 20.9 Å². The maximum absolute atomic E-state index is 13.3. The monoisotopic (exact) mass is 400 g/mol. The standard InChI is InChI=1S/C21H21FN2O3S/c1-2-15-23-28(26,27)19-11-5-16(6-12-19)20(25)24-21(13-3-4-14-21)17-7-9-18(22)10-8-17/h1,5-12,23H,3-4,13-15H2,(H,24,25). The maximum atomic E-state index is 13.3. The van der Waals surface area contributed by atoms with Gasteiger partial charge in [-0.15, -0.1) is 6.42 Å². The van der Waals surface area contributed by atoms with Crippen LogP contribution in [-0.2, 0) is 15.6 Å². The number of sulfonamides is 1. The summed E-state index contributed by atoms with van der Waals surface area (Å²) in [7, 11) is -3.71. The van der Waals surface area contributed by atoms with Crippen molar-refractivity contribution >= 4 is 15.9 Å². The Morgan fingerprint density at radius 1 is 1.07 bits per heavy atom. The highest BCUT2D eigenvalue weighted by Crippen LogP contribution is 2.39. The van der Waals surface area contributed by atoms with Gasteiger partial charge in [-0.1, -0.05) is 30.9 Å². The Labute approximate surface area is 164 Å². The van der Waals surface area contributed by atoms with Crippen LogP contribution in [0.1, 0.15) is 41.6 Å². The Hall–Kier alpha value is -2.69. The lowest BCUT2D eigenvalue weighted by Crippen LogP contribution is -2.43. The summed E-state index contributed by atoms with van der Waals surface area (Å²) < 4.78 is 39.7. The smallest absolute Gasteiger partial charge is 0.251 e. The lowest BCUT2D eigenvalue weighted by atomic mass is 9.87. The molecule has 1 fully saturated rings. The summed E-state index contributed by atoms with van der Waals surface area (Å²) in [5, 5.41) is 3.08. The average Bonchev–Trinajstić information content (AvgIpc) is 3.16. The highest BCUT2D eigenvalue weighted by molar-refractivity contribution is 7.89. The predicted molar refractivity (Wildman–Crippen MR) is 104 cm³/mol. The fourth-order valence-corrected chi connectivity index (χ4v) is 4.46.